The first kappa shape index (κ1) is 17.4. The second-order valence-electron chi connectivity index (χ2n) is 6.75. The molecule has 0 aliphatic carbocycles. The smallest absolute Gasteiger partial charge is 0.243 e. The number of hydrogen-bond acceptors (Lipinski definition) is 6. The van der Waals surface area contributed by atoms with E-state index in [-0.39, 0.29) is 11.9 Å². The molecule has 2 N–H and O–H groups in total. The van der Waals surface area contributed by atoms with Crippen molar-refractivity contribution < 1.29 is 9.32 Å². The van der Waals surface area contributed by atoms with E-state index in [0.29, 0.717) is 11.8 Å². The summed E-state index contributed by atoms with van der Waals surface area (Å²) in [4.78, 5) is 18.9. The third-order valence-electron chi connectivity index (χ3n) is 4.60. The molecule has 0 spiro atoms. The lowest BCUT2D eigenvalue weighted by molar-refractivity contribution is -0.120. The van der Waals surface area contributed by atoms with Crippen LogP contribution in [0, 0.1) is 19.8 Å². The highest BCUT2D eigenvalue weighted by molar-refractivity contribution is 5.93. The molecule has 1 amide bonds. The summed E-state index contributed by atoms with van der Waals surface area (Å²) in [5.74, 6) is 1.74. The maximum atomic E-state index is 12.4. The number of aryl methyl sites for hydroxylation is 2. The number of rotatable bonds is 6. The van der Waals surface area contributed by atoms with Gasteiger partial charge in [-0.3, -0.25) is 15.0 Å². The molecule has 0 unspecified atom stereocenters. The molecular weight excluding hydrogens is 318 g/mol. The van der Waals surface area contributed by atoms with Gasteiger partial charge in [-0.15, -0.1) is 0 Å². The van der Waals surface area contributed by atoms with Gasteiger partial charge in [0.2, 0.25) is 11.8 Å². The highest BCUT2D eigenvalue weighted by Gasteiger charge is 2.29. The standard InChI is InChI=1S/C18H25N5O2/c1-12-4-5-16(19-9-12)20-10-15-6-7-23(11-15)14(3)18(24)21-17-8-13(2)22-25-17/h4-5,8-9,14-15H,6-7,10-11H2,1-3H3,(H,19,20)(H,21,24)/t14-,15-/m0/s1. The Balaban J connectivity index is 1.46. The molecule has 2 aromatic rings. The Hall–Kier alpha value is -2.41. The Morgan fingerprint density at radius 3 is 2.96 bits per heavy atom. The molecule has 25 heavy (non-hydrogen) atoms. The van der Waals surface area contributed by atoms with E-state index in [1.165, 1.54) is 0 Å². The normalized spacial score (nSPS) is 18.9. The van der Waals surface area contributed by atoms with Gasteiger partial charge in [0.1, 0.15) is 5.82 Å². The second kappa shape index (κ2) is 7.65. The van der Waals surface area contributed by atoms with Crippen molar-refractivity contribution in [3.8, 4) is 0 Å². The summed E-state index contributed by atoms with van der Waals surface area (Å²) in [6.45, 7) is 8.44. The highest BCUT2D eigenvalue weighted by atomic mass is 16.5. The number of nitrogens with zero attached hydrogens (tertiary/aromatic N) is 3. The van der Waals surface area contributed by atoms with Gasteiger partial charge in [-0.25, -0.2) is 4.98 Å². The van der Waals surface area contributed by atoms with E-state index in [1.807, 2.05) is 39.1 Å². The Bertz CT molecular complexity index is 713. The highest BCUT2D eigenvalue weighted by Crippen LogP contribution is 2.20. The number of carbonyl (C=O) groups is 1. The van der Waals surface area contributed by atoms with E-state index >= 15 is 0 Å². The first-order valence-electron chi connectivity index (χ1n) is 8.66. The zero-order valence-electron chi connectivity index (χ0n) is 15.0. The average molecular weight is 343 g/mol. The van der Waals surface area contributed by atoms with E-state index in [1.54, 1.807) is 6.07 Å². The molecule has 0 bridgehead atoms. The number of pyridine rings is 1. The summed E-state index contributed by atoms with van der Waals surface area (Å²) in [6, 6.07) is 5.56. The lowest BCUT2D eigenvalue weighted by Gasteiger charge is -2.23. The monoisotopic (exact) mass is 343 g/mol. The van der Waals surface area contributed by atoms with Crippen molar-refractivity contribution in [2.75, 3.05) is 30.3 Å². The zero-order valence-corrected chi connectivity index (χ0v) is 15.0. The number of carbonyl (C=O) groups excluding carboxylic acids is 1. The molecule has 7 nitrogen and oxygen atoms in total. The van der Waals surface area contributed by atoms with Crippen LogP contribution in [0.1, 0.15) is 24.6 Å². The maximum absolute atomic E-state index is 12.4. The van der Waals surface area contributed by atoms with E-state index in [0.717, 1.165) is 43.1 Å². The molecule has 7 heteroatoms. The predicted molar refractivity (Wildman–Crippen MR) is 96.5 cm³/mol. The molecule has 2 atom stereocenters. The maximum Gasteiger partial charge on any atom is 0.243 e. The molecular formula is C18H25N5O2. The van der Waals surface area contributed by atoms with E-state index in [9.17, 15) is 4.79 Å². The fourth-order valence-electron chi connectivity index (χ4n) is 3.02. The largest absolute Gasteiger partial charge is 0.370 e. The molecule has 0 saturated carbocycles. The van der Waals surface area contributed by atoms with Gasteiger partial charge in [0, 0.05) is 25.4 Å². The first-order valence-corrected chi connectivity index (χ1v) is 8.66. The SMILES string of the molecule is Cc1ccc(NC[C@@H]2CCN([C@@H](C)C(=O)Nc3cc(C)no3)C2)nc1. The molecule has 1 aliphatic heterocycles. The summed E-state index contributed by atoms with van der Waals surface area (Å²) in [5.41, 5.74) is 1.90. The van der Waals surface area contributed by atoms with Crippen LogP contribution in [0.15, 0.2) is 28.9 Å². The van der Waals surface area contributed by atoms with Crippen LogP contribution in [0.4, 0.5) is 11.7 Å². The Labute approximate surface area is 147 Å². The van der Waals surface area contributed by atoms with Gasteiger partial charge in [0.15, 0.2) is 0 Å². The molecule has 3 heterocycles. The number of amides is 1. The third-order valence-corrected chi connectivity index (χ3v) is 4.60. The molecule has 1 aliphatic rings. The summed E-state index contributed by atoms with van der Waals surface area (Å²) in [7, 11) is 0. The van der Waals surface area contributed by atoms with Crippen LogP contribution in [-0.4, -0.2) is 46.6 Å². The number of nitrogens with one attached hydrogen (secondary N) is 2. The summed E-state index contributed by atoms with van der Waals surface area (Å²) >= 11 is 0. The Morgan fingerprint density at radius 1 is 1.44 bits per heavy atom. The van der Waals surface area contributed by atoms with Gasteiger partial charge in [-0.2, -0.15) is 0 Å². The minimum atomic E-state index is -0.201. The lowest BCUT2D eigenvalue weighted by Crippen LogP contribution is -2.41. The Kier molecular flexibility index (Phi) is 5.33. The quantitative estimate of drug-likeness (QED) is 0.838. The van der Waals surface area contributed by atoms with Gasteiger partial charge < -0.3 is 9.84 Å². The lowest BCUT2D eigenvalue weighted by atomic mass is 10.1. The second-order valence-corrected chi connectivity index (χ2v) is 6.75. The van der Waals surface area contributed by atoms with Crippen LogP contribution in [0.5, 0.6) is 0 Å². The molecule has 0 aromatic carbocycles. The van der Waals surface area contributed by atoms with Crippen molar-refractivity contribution in [1.29, 1.82) is 0 Å². The molecule has 134 valence electrons. The van der Waals surface area contributed by atoms with Crippen molar-refractivity contribution >= 4 is 17.6 Å². The zero-order chi connectivity index (χ0) is 17.8. The van der Waals surface area contributed by atoms with Gasteiger partial charge in [-0.05, 0) is 51.3 Å². The molecule has 2 aromatic heterocycles. The van der Waals surface area contributed by atoms with Gasteiger partial charge in [0.05, 0.1) is 11.7 Å². The van der Waals surface area contributed by atoms with Crippen molar-refractivity contribution in [2.45, 2.75) is 33.2 Å². The summed E-state index contributed by atoms with van der Waals surface area (Å²) in [5, 5.41) is 9.95. The summed E-state index contributed by atoms with van der Waals surface area (Å²) < 4.78 is 5.05. The number of aromatic nitrogens is 2. The van der Waals surface area contributed by atoms with Crippen LogP contribution in [0.25, 0.3) is 0 Å². The molecule has 0 radical (unpaired) electrons. The van der Waals surface area contributed by atoms with Crippen LogP contribution in [-0.2, 0) is 4.79 Å². The minimum Gasteiger partial charge on any atom is -0.370 e. The third kappa shape index (κ3) is 4.57. The fraction of sp³-hybridized carbons (Fsp3) is 0.500. The molecule has 3 rings (SSSR count). The molecule has 1 saturated heterocycles. The van der Waals surface area contributed by atoms with E-state index in [4.69, 9.17) is 4.52 Å². The van der Waals surface area contributed by atoms with Crippen molar-refractivity contribution in [3.05, 3.63) is 35.7 Å². The number of anilines is 2. The van der Waals surface area contributed by atoms with Gasteiger partial charge in [-0.1, -0.05) is 11.2 Å². The first-order chi connectivity index (χ1) is 12.0. The van der Waals surface area contributed by atoms with Gasteiger partial charge >= 0.3 is 0 Å². The van der Waals surface area contributed by atoms with Crippen LogP contribution in [0.2, 0.25) is 0 Å². The van der Waals surface area contributed by atoms with E-state index in [2.05, 4.69) is 25.7 Å². The van der Waals surface area contributed by atoms with Crippen molar-refractivity contribution in [1.82, 2.24) is 15.0 Å². The van der Waals surface area contributed by atoms with Crippen molar-refractivity contribution in [2.24, 2.45) is 5.92 Å². The predicted octanol–water partition coefficient (Wildman–Crippen LogP) is 2.45. The topological polar surface area (TPSA) is 83.3 Å². The van der Waals surface area contributed by atoms with Crippen LogP contribution in [0.3, 0.4) is 0 Å². The number of hydrogen-bond donors (Lipinski definition) is 2. The minimum absolute atomic E-state index is 0.0649. The summed E-state index contributed by atoms with van der Waals surface area (Å²) in [6.07, 6.45) is 2.93. The van der Waals surface area contributed by atoms with Crippen molar-refractivity contribution in [3.63, 3.8) is 0 Å². The number of likely N-dealkylation sites (tertiary alicyclic amines) is 1. The fourth-order valence-corrected chi connectivity index (χ4v) is 3.02. The van der Waals surface area contributed by atoms with Gasteiger partial charge in [0.25, 0.3) is 0 Å². The average Bonchev–Trinajstić information content (AvgIpc) is 3.23. The van der Waals surface area contributed by atoms with Crippen LogP contribution < -0.4 is 10.6 Å². The molecule has 1 fully saturated rings. The Morgan fingerprint density at radius 2 is 2.28 bits per heavy atom. The van der Waals surface area contributed by atoms with Crippen LogP contribution >= 0.6 is 0 Å². The van der Waals surface area contributed by atoms with E-state index < -0.39 is 0 Å².